The van der Waals surface area contributed by atoms with Gasteiger partial charge in [0.1, 0.15) is 5.02 Å². The molecule has 1 heterocycles. The van der Waals surface area contributed by atoms with Crippen LogP contribution in [0.2, 0.25) is 5.02 Å². The van der Waals surface area contributed by atoms with Crippen molar-refractivity contribution in [1.82, 2.24) is 9.55 Å². The van der Waals surface area contributed by atoms with Gasteiger partial charge in [0.2, 0.25) is 0 Å². The highest BCUT2D eigenvalue weighted by atomic mass is 35.5. The molecule has 0 spiro atoms. The number of nitrogens with one attached hydrogen (secondary N) is 1. The van der Waals surface area contributed by atoms with Crippen LogP contribution in [0.5, 0.6) is 0 Å². The van der Waals surface area contributed by atoms with Crippen molar-refractivity contribution < 1.29 is 0 Å². The van der Waals surface area contributed by atoms with E-state index >= 15 is 0 Å². The van der Waals surface area contributed by atoms with E-state index in [1.807, 2.05) is 12.2 Å². The van der Waals surface area contributed by atoms with Crippen molar-refractivity contribution in [2.75, 3.05) is 0 Å². The predicted octanol–water partition coefficient (Wildman–Crippen LogP) is 1.47. The smallest absolute Gasteiger partial charge is 0.292 e. The largest absolute Gasteiger partial charge is 0.328 e. The summed E-state index contributed by atoms with van der Waals surface area (Å²) in [6, 6.07) is 0.0144. The second-order valence-electron chi connectivity index (χ2n) is 3.57. The van der Waals surface area contributed by atoms with Crippen molar-refractivity contribution in [2.24, 2.45) is 0 Å². The highest BCUT2D eigenvalue weighted by Gasteiger charge is 2.13. The second-order valence-corrected chi connectivity index (χ2v) is 3.98. The van der Waals surface area contributed by atoms with Gasteiger partial charge in [0, 0.05) is 6.20 Å². The van der Waals surface area contributed by atoms with Crippen LogP contribution in [0.25, 0.3) is 0 Å². The molecule has 1 N–H and O–H groups in total. The minimum absolute atomic E-state index is 0.0144. The van der Waals surface area contributed by atoms with Crippen molar-refractivity contribution in [2.45, 2.75) is 25.3 Å². The van der Waals surface area contributed by atoms with Crippen LogP contribution < -0.4 is 11.2 Å². The number of halogens is 1. The van der Waals surface area contributed by atoms with Crippen LogP contribution in [0.1, 0.15) is 25.3 Å². The zero-order valence-electron chi connectivity index (χ0n) is 8.07. The Bertz CT molecular complexity index is 501. The third-order valence-corrected chi connectivity index (χ3v) is 2.78. The first kappa shape index (κ1) is 10.2. The molecule has 0 amide bonds. The molecule has 1 atom stereocenters. The van der Waals surface area contributed by atoms with E-state index in [9.17, 15) is 9.59 Å². The lowest BCUT2D eigenvalue weighted by Gasteiger charge is -2.18. The van der Waals surface area contributed by atoms with E-state index in [0.717, 1.165) is 19.3 Å². The van der Waals surface area contributed by atoms with E-state index in [1.165, 1.54) is 10.8 Å². The van der Waals surface area contributed by atoms with Gasteiger partial charge in [-0.1, -0.05) is 23.8 Å². The minimum atomic E-state index is -0.530. The molecule has 0 aromatic carbocycles. The first-order valence-electron chi connectivity index (χ1n) is 4.86. The number of H-pyrrole nitrogens is 1. The molecule has 0 bridgehead atoms. The van der Waals surface area contributed by atoms with Crippen LogP contribution >= 0.6 is 11.6 Å². The molecular weight excluding hydrogens is 216 g/mol. The van der Waals surface area contributed by atoms with Gasteiger partial charge >= 0.3 is 5.69 Å². The van der Waals surface area contributed by atoms with Gasteiger partial charge in [0.25, 0.3) is 5.56 Å². The third kappa shape index (κ3) is 2.04. The standard InChI is InChI=1S/C10H11ClN2O2/c11-8-6-13(10(15)12-9(8)14)7-4-2-1-3-5-7/h2,4,6-7H,1,3,5H2,(H,12,14,15)/t7-/m1/s1. The number of allylic oxidation sites excluding steroid dienone is 2. The number of hydrogen-bond acceptors (Lipinski definition) is 2. The Kier molecular flexibility index (Phi) is 2.77. The van der Waals surface area contributed by atoms with E-state index < -0.39 is 11.2 Å². The molecule has 2 rings (SSSR count). The topological polar surface area (TPSA) is 54.9 Å². The van der Waals surface area contributed by atoms with Crippen molar-refractivity contribution in [1.29, 1.82) is 0 Å². The Balaban J connectivity index is 2.48. The molecule has 4 nitrogen and oxygen atoms in total. The molecule has 0 aliphatic heterocycles. The molecule has 0 saturated carbocycles. The minimum Gasteiger partial charge on any atom is -0.292 e. The van der Waals surface area contributed by atoms with E-state index in [-0.39, 0.29) is 11.1 Å². The van der Waals surface area contributed by atoms with Crippen LogP contribution in [0.4, 0.5) is 0 Å². The maximum absolute atomic E-state index is 11.5. The summed E-state index contributed by atoms with van der Waals surface area (Å²) < 4.78 is 1.47. The second kappa shape index (κ2) is 4.06. The average molecular weight is 227 g/mol. The summed E-state index contributed by atoms with van der Waals surface area (Å²) in [5, 5.41) is 0.0496. The number of aromatic amines is 1. The van der Waals surface area contributed by atoms with Gasteiger partial charge in [0.15, 0.2) is 0 Å². The summed E-state index contributed by atoms with van der Waals surface area (Å²) in [4.78, 5) is 24.8. The summed E-state index contributed by atoms with van der Waals surface area (Å²) >= 11 is 5.68. The van der Waals surface area contributed by atoms with Gasteiger partial charge in [0.05, 0.1) is 6.04 Å². The normalized spacial score (nSPS) is 20.5. The maximum Gasteiger partial charge on any atom is 0.328 e. The zero-order chi connectivity index (χ0) is 10.8. The quantitative estimate of drug-likeness (QED) is 0.738. The summed E-state index contributed by atoms with van der Waals surface area (Å²) in [5.41, 5.74) is -0.932. The third-order valence-electron chi connectivity index (χ3n) is 2.51. The van der Waals surface area contributed by atoms with Crippen LogP contribution in [-0.2, 0) is 0 Å². The molecule has 15 heavy (non-hydrogen) atoms. The van der Waals surface area contributed by atoms with Gasteiger partial charge in [-0.15, -0.1) is 0 Å². The highest BCUT2D eigenvalue weighted by molar-refractivity contribution is 6.30. The molecule has 80 valence electrons. The van der Waals surface area contributed by atoms with Gasteiger partial charge in [-0.3, -0.25) is 14.3 Å². The van der Waals surface area contributed by atoms with E-state index in [4.69, 9.17) is 11.6 Å². The monoisotopic (exact) mass is 226 g/mol. The van der Waals surface area contributed by atoms with Gasteiger partial charge in [-0.25, -0.2) is 4.79 Å². The number of rotatable bonds is 1. The molecule has 5 heteroatoms. The maximum atomic E-state index is 11.5. The Labute approximate surface area is 91.2 Å². The first-order chi connectivity index (χ1) is 7.18. The number of aromatic nitrogens is 2. The Morgan fingerprint density at radius 2 is 2.27 bits per heavy atom. The van der Waals surface area contributed by atoms with Crippen LogP contribution in [0.3, 0.4) is 0 Å². The zero-order valence-corrected chi connectivity index (χ0v) is 8.83. The molecular formula is C10H11ClN2O2. The molecule has 1 aliphatic rings. The first-order valence-corrected chi connectivity index (χ1v) is 5.24. The molecule has 1 aliphatic carbocycles. The van der Waals surface area contributed by atoms with Gasteiger partial charge in [-0.05, 0) is 19.3 Å². The lowest BCUT2D eigenvalue weighted by atomic mass is 10.0. The molecule has 0 saturated heterocycles. The van der Waals surface area contributed by atoms with Crippen molar-refractivity contribution in [3.05, 3.63) is 44.2 Å². The lowest BCUT2D eigenvalue weighted by Crippen LogP contribution is -2.32. The summed E-state index contributed by atoms with van der Waals surface area (Å²) in [6.07, 6.45) is 8.41. The Morgan fingerprint density at radius 1 is 1.47 bits per heavy atom. The Morgan fingerprint density at radius 3 is 2.93 bits per heavy atom. The van der Waals surface area contributed by atoms with E-state index in [0.29, 0.717) is 0 Å². The molecule has 1 aromatic rings. The number of nitrogens with zero attached hydrogens (tertiary/aromatic N) is 1. The average Bonchev–Trinajstić information content (AvgIpc) is 2.25. The van der Waals surface area contributed by atoms with Crippen LogP contribution in [0, 0.1) is 0 Å². The van der Waals surface area contributed by atoms with Crippen LogP contribution in [0.15, 0.2) is 27.9 Å². The van der Waals surface area contributed by atoms with Crippen molar-refractivity contribution >= 4 is 11.6 Å². The summed E-state index contributed by atoms with van der Waals surface area (Å²) in [6.45, 7) is 0. The molecule has 1 aromatic heterocycles. The lowest BCUT2D eigenvalue weighted by molar-refractivity contribution is 0.495. The van der Waals surface area contributed by atoms with Crippen LogP contribution in [-0.4, -0.2) is 9.55 Å². The highest BCUT2D eigenvalue weighted by Crippen LogP contribution is 2.20. The van der Waals surface area contributed by atoms with Gasteiger partial charge in [-0.2, -0.15) is 0 Å². The SMILES string of the molecule is O=c1[nH]c(=O)n([C@@H]2C=CCCC2)cc1Cl. The fourth-order valence-corrected chi connectivity index (χ4v) is 1.89. The van der Waals surface area contributed by atoms with E-state index in [1.54, 1.807) is 0 Å². The van der Waals surface area contributed by atoms with Crippen molar-refractivity contribution in [3.8, 4) is 0 Å². The number of hydrogen-bond donors (Lipinski definition) is 1. The van der Waals surface area contributed by atoms with E-state index in [2.05, 4.69) is 4.98 Å². The molecule has 0 fully saturated rings. The van der Waals surface area contributed by atoms with Crippen molar-refractivity contribution in [3.63, 3.8) is 0 Å². The fourth-order valence-electron chi connectivity index (χ4n) is 1.73. The summed E-state index contributed by atoms with van der Waals surface area (Å²) in [5.74, 6) is 0. The van der Waals surface area contributed by atoms with Gasteiger partial charge < -0.3 is 0 Å². The summed E-state index contributed by atoms with van der Waals surface area (Å²) in [7, 11) is 0. The fraction of sp³-hybridized carbons (Fsp3) is 0.400. The molecule has 0 unspecified atom stereocenters. The predicted molar refractivity (Wildman–Crippen MR) is 58.4 cm³/mol. The molecule has 0 radical (unpaired) electrons. The Hall–Kier alpha value is -1.29.